The highest BCUT2D eigenvalue weighted by atomic mass is 16.5. The van der Waals surface area contributed by atoms with Crippen LogP contribution in [0.15, 0.2) is 24.3 Å². The van der Waals surface area contributed by atoms with Gasteiger partial charge in [-0.15, -0.1) is 0 Å². The summed E-state index contributed by atoms with van der Waals surface area (Å²) in [4.78, 5) is 33.9. The molecule has 0 aromatic heterocycles. The topological polar surface area (TPSA) is 95.7 Å². The van der Waals surface area contributed by atoms with Crippen LogP contribution in [0.5, 0.6) is 0 Å². The molecule has 0 spiro atoms. The summed E-state index contributed by atoms with van der Waals surface area (Å²) in [5.74, 6) is -1.22. The van der Waals surface area contributed by atoms with E-state index in [-0.39, 0.29) is 5.91 Å². The third kappa shape index (κ3) is 16.3. The standard InChI is InChI=1S/C24H38O4.C2H5NO/c1-3-5-7-9-11-15-19-27-23(25)21-17-13-14-18-22(21)24(26)28-20-16-12-10-8-6-4-2;1-2(3)4/h13-14,17-18H,3-12,15-16,19-20H2,1-2H3;1H3,(H2,3,4). The van der Waals surface area contributed by atoms with Gasteiger partial charge in [-0.25, -0.2) is 9.59 Å². The van der Waals surface area contributed by atoms with E-state index in [1.807, 2.05) is 0 Å². The summed E-state index contributed by atoms with van der Waals surface area (Å²) in [5, 5.41) is 0. The van der Waals surface area contributed by atoms with E-state index in [0.29, 0.717) is 24.3 Å². The normalized spacial score (nSPS) is 10.1. The fourth-order valence-electron chi connectivity index (χ4n) is 3.09. The second-order valence-corrected chi connectivity index (χ2v) is 7.96. The molecule has 0 fully saturated rings. The maximum atomic E-state index is 12.4. The number of hydrogen-bond donors (Lipinski definition) is 1. The second kappa shape index (κ2) is 20.5. The molecule has 182 valence electrons. The van der Waals surface area contributed by atoms with Crippen LogP contribution in [0.2, 0.25) is 0 Å². The van der Waals surface area contributed by atoms with Gasteiger partial charge in [-0.3, -0.25) is 4.79 Å². The molecule has 1 amide bonds. The molecule has 0 atom stereocenters. The molecule has 1 rings (SSSR count). The lowest BCUT2D eigenvalue weighted by Gasteiger charge is -2.10. The number of carbonyl (C=O) groups is 3. The first-order valence-corrected chi connectivity index (χ1v) is 12.1. The molecule has 0 saturated heterocycles. The molecule has 6 nitrogen and oxygen atoms in total. The van der Waals surface area contributed by atoms with Crippen LogP contribution in [0.4, 0.5) is 0 Å². The number of unbranched alkanes of at least 4 members (excludes halogenated alkanes) is 10. The van der Waals surface area contributed by atoms with Crippen LogP contribution < -0.4 is 5.73 Å². The Hall–Kier alpha value is -2.37. The lowest BCUT2D eigenvalue weighted by Crippen LogP contribution is -2.15. The lowest BCUT2D eigenvalue weighted by atomic mass is 10.1. The van der Waals surface area contributed by atoms with Gasteiger partial charge in [-0.05, 0) is 25.0 Å². The lowest BCUT2D eigenvalue weighted by molar-refractivity contribution is -0.115. The molecular formula is C26H43NO5. The molecule has 0 aliphatic heterocycles. The van der Waals surface area contributed by atoms with Crippen LogP contribution >= 0.6 is 0 Å². The van der Waals surface area contributed by atoms with Crippen LogP contribution in [0.25, 0.3) is 0 Å². The molecule has 32 heavy (non-hydrogen) atoms. The molecule has 6 heteroatoms. The summed E-state index contributed by atoms with van der Waals surface area (Å²) in [6.45, 7) is 6.48. The Morgan fingerprint density at radius 3 is 1.31 bits per heavy atom. The van der Waals surface area contributed by atoms with E-state index in [4.69, 9.17) is 9.47 Å². The Morgan fingerprint density at radius 2 is 0.969 bits per heavy atom. The second-order valence-electron chi connectivity index (χ2n) is 7.96. The van der Waals surface area contributed by atoms with Crippen LogP contribution in [-0.4, -0.2) is 31.1 Å². The molecular weight excluding hydrogens is 406 g/mol. The number of rotatable bonds is 16. The van der Waals surface area contributed by atoms with E-state index in [1.165, 1.54) is 58.3 Å². The number of carbonyl (C=O) groups excluding carboxylic acids is 3. The monoisotopic (exact) mass is 449 g/mol. The fraction of sp³-hybridized carbons (Fsp3) is 0.654. The molecule has 0 bridgehead atoms. The zero-order chi connectivity index (χ0) is 24.0. The predicted molar refractivity (Wildman–Crippen MR) is 129 cm³/mol. The number of ether oxygens (including phenoxy) is 2. The minimum atomic E-state index is -0.444. The van der Waals surface area contributed by atoms with Gasteiger partial charge >= 0.3 is 11.9 Å². The fourth-order valence-corrected chi connectivity index (χ4v) is 3.09. The van der Waals surface area contributed by atoms with Crippen LogP contribution in [0.1, 0.15) is 119 Å². The van der Waals surface area contributed by atoms with E-state index < -0.39 is 11.9 Å². The van der Waals surface area contributed by atoms with Crippen molar-refractivity contribution in [2.75, 3.05) is 13.2 Å². The summed E-state index contributed by atoms with van der Waals surface area (Å²) < 4.78 is 10.7. The van der Waals surface area contributed by atoms with Crippen molar-refractivity contribution >= 4 is 17.8 Å². The van der Waals surface area contributed by atoms with Crippen LogP contribution in [0.3, 0.4) is 0 Å². The molecule has 0 aliphatic carbocycles. The SMILES string of the molecule is CC(N)=O.CCCCCCCCOC(=O)c1ccccc1C(=O)OCCCCCCCC. The first kappa shape index (κ1) is 29.6. The van der Waals surface area contributed by atoms with Gasteiger partial charge in [-0.2, -0.15) is 0 Å². The van der Waals surface area contributed by atoms with E-state index in [2.05, 4.69) is 19.6 Å². The number of benzene rings is 1. The zero-order valence-corrected chi connectivity index (χ0v) is 20.3. The molecule has 0 aliphatic rings. The molecule has 1 aromatic rings. The first-order chi connectivity index (χ1) is 15.4. The molecule has 2 N–H and O–H groups in total. The number of esters is 2. The maximum absolute atomic E-state index is 12.4. The maximum Gasteiger partial charge on any atom is 0.339 e. The highest BCUT2D eigenvalue weighted by Crippen LogP contribution is 2.14. The van der Waals surface area contributed by atoms with Gasteiger partial charge in [0.15, 0.2) is 0 Å². The highest BCUT2D eigenvalue weighted by molar-refractivity contribution is 6.03. The van der Waals surface area contributed by atoms with Gasteiger partial charge < -0.3 is 15.2 Å². The molecule has 0 saturated carbocycles. The smallest absolute Gasteiger partial charge is 0.339 e. The largest absolute Gasteiger partial charge is 0.462 e. The van der Waals surface area contributed by atoms with Crippen molar-refractivity contribution in [1.29, 1.82) is 0 Å². The van der Waals surface area contributed by atoms with Gasteiger partial charge in [0.25, 0.3) is 0 Å². The average Bonchev–Trinajstić information content (AvgIpc) is 2.77. The minimum absolute atomic E-state index is 0.293. The van der Waals surface area contributed by atoms with Gasteiger partial charge in [0.1, 0.15) is 0 Å². The van der Waals surface area contributed by atoms with Crippen LogP contribution in [0, 0.1) is 0 Å². The van der Waals surface area contributed by atoms with Crippen molar-refractivity contribution in [3.8, 4) is 0 Å². The minimum Gasteiger partial charge on any atom is -0.462 e. The van der Waals surface area contributed by atoms with E-state index in [0.717, 1.165) is 25.7 Å². The number of primary amides is 1. The van der Waals surface area contributed by atoms with Gasteiger partial charge in [0, 0.05) is 6.92 Å². The zero-order valence-electron chi connectivity index (χ0n) is 20.3. The number of hydrogen-bond acceptors (Lipinski definition) is 5. The highest BCUT2D eigenvalue weighted by Gasteiger charge is 2.18. The van der Waals surface area contributed by atoms with Gasteiger partial charge in [-0.1, -0.05) is 90.2 Å². The van der Waals surface area contributed by atoms with E-state index in [9.17, 15) is 14.4 Å². The van der Waals surface area contributed by atoms with Crippen molar-refractivity contribution in [3.05, 3.63) is 35.4 Å². The third-order valence-corrected chi connectivity index (χ3v) is 4.83. The number of nitrogens with two attached hydrogens (primary N) is 1. The molecule has 0 radical (unpaired) electrons. The first-order valence-electron chi connectivity index (χ1n) is 12.1. The Morgan fingerprint density at radius 1 is 0.656 bits per heavy atom. The Labute approximate surface area is 194 Å². The van der Waals surface area contributed by atoms with Gasteiger partial charge in [0.2, 0.25) is 5.91 Å². The summed E-state index contributed by atoms with van der Waals surface area (Å²) in [7, 11) is 0. The Bertz CT molecular complexity index is 592. The van der Waals surface area contributed by atoms with E-state index in [1.54, 1.807) is 24.3 Å². The molecule has 1 aromatic carbocycles. The quantitative estimate of drug-likeness (QED) is 0.239. The Balaban J connectivity index is 0.00000220. The van der Waals surface area contributed by atoms with Gasteiger partial charge in [0.05, 0.1) is 24.3 Å². The van der Waals surface area contributed by atoms with E-state index >= 15 is 0 Å². The molecule has 0 heterocycles. The summed E-state index contributed by atoms with van der Waals surface area (Å²) in [6, 6.07) is 6.74. The van der Waals surface area contributed by atoms with Crippen molar-refractivity contribution in [1.82, 2.24) is 0 Å². The average molecular weight is 450 g/mol. The summed E-state index contributed by atoms with van der Waals surface area (Å²) in [6.07, 6.45) is 13.6. The van der Waals surface area contributed by atoms with Crippen molar-refractivity contribution < 1.29 is 23.9 Å². The van der Waals surface area contributed by atoms with Crippen molar-refractivity contribution in [2.45, 2.75) is 97.8 Å². The summed E-state index contributed by atoms with van der Waals surface area (Å²) >= 11 is 0. The Kier molecular flexibility index (Phi) is 19.0. The molecule has 0 unspecified atom stereocenters. The number of amides is 1. The summed E-state index contributed by atoms with van der Waals surface area (Å²) in [5.41, 5.74) is 5.06. The third-order valence-electron chi connectivity index (χ3n) is 4.83. The van der Waals surface area contributed by atoms with Crippen LogP contribution in [-0.2, 0) is 14.3 Å². The van der Waals surface area contributed by atoms with Crippen molar-refractivity contribution in [2.24, 2.45) is 5.73 Å². The van der Waals surface area contributed by atoms with Crippen molar-refractivity contribution in [3.63, 3.8) is 0 Å². The predicted octanol–water partition coefficient (Wildman–Crippen LogP) is 6.21.